The van der Waals surface area contributed by atoms with Gasteiger partial charge in [-0.05, 0) is 33.2 Å². The van der Waals surface area contributed by atoms with E-state index in [9.17, 15) is 10.2 Å². The maximum atomic E-state index is 9.47. The van der Waals surface area contributed by atoms with Gasteiger partial charge in [-0.15, -0.1) is 0 Å². The van der Waals surface area contributed by atoms with Gasteiger partial charge in [-0.2, -0.15) is 0 Å². The van der Waals surface area contributed by atoms with Gasteiger partial charge in [0.15, 0.2) is 0 Å². The van der Waals surface area contributed by atoms with E-state index in [0.717, 1.165) is 19.4 Å². The molecule has 0 amide bonds. The van der Waals surface area contributed by atoms with E-state index in [1.165, 1.54) is 0 Å². The van der Waals surface area contributed by atoms with Crippen LogP contribution >= 0.6 is 0 Å². The standard InChI is InChI=1S/C11H25NO3/c1-4-10(13)5-6-12-7-11(14)8-15-9(2)3/h9-14H,4-8H2,1-3H3. The van der Waals surface area contributed by atoms with Gasteiger partial charge >= 0.3 is 0 Å². The molecule has 0 heterocycles. The lowest BCUT2D eigenvalue weighted by atomic mass is 10.2. The summed E-state index contributed by atoms with van der Waals surface area (Å²) in [6.07, 6.45) is 0.962. The summed E-state index contributed by atoms with van der Waals surface area (Å²) in [5.41, 5.74) is 0. The van der Waals surface area contributed by atoms with Crippen molar-refractivity contribution in [1.82, 2.24) is 5.32 Å². The van der Waals surface area contributed by atoms with Gasteiger partial charge < -0.3 is 20.3 Å². The predicted octanol–water partition coefficient (Wildman–Crippen LogP) is 0.523. The molecule has 0 radical (unpaired) electrons. The number of hydrogen-bond donors (Lipinski definition) is 3. The van der Waals surface area contributed by atoms with Gasteiger partial charge in [0.05, 0.1) is 24.9 Å². The maximum Gasteiger partial charge on any atom is 0.0897 e. The molecule has 0 aliphatic heterocycles. The smallest absolute Gasteiger partial charge is 0.0897 e. The lowest BCUT2D eigenvalue weighted by Gasteiger charge is -2.14. The van der Waals surface area contributed by atoms with E-state index in [4.69, 9.17) is 4.74 Å². The highest BCUT2D eigenvalue weighted by atomic mass is 16.5. The first-order chi connectivity index (χ1) is 7.06. The zero-order valence-electron chi connectivity index (χ0n) is 10.1. The van der Waals surface area contributed by atoms with Gasteiger partial charge in [0, 0.05) is 6.54 Å². The Bertz CT molecular complexity index is 142. The van der Waals surface area contributed by atoms with Crippen LogP contribution in [0.4, 0.5) is 0 Å². The van der Waals surface area contributed by atoms with Crippen molar-refractivity contribution in [2.75, 3.05) is 19.7 Å². The normalized spacial score (nSPS) is 15.6. The number of nitrogens with one attached hydrogen (secondary N) is 1. The van der Waals surface area contributed by atoms with Crippen molar-refractivity contribution in [3.63, 3.8) is 0 Å². The number of ether oxygens (including phenoxy) is 1. The largest absolute Gasteiger partial charge is 0.393 e. The highest BCUT2D eigenvalue weighted by Gasteiger charge is 2.05. The Morgan fingerprint density at radius 3 is 2.40 bits per heavy atom. The molecule has 0 aromatic heterocycles. The third-order valence-corrected chi connectivity index (χ3v) is 2.13. The number of aliphatic hydroxyl groups excluding tert-OH is 2. The van der Waals surface area contributed by atoms with Crippen LogP contribution in [0.25, 0.3) is 0 Å². The first-order valence-electron chi connectivity index (χ1n) is 5.74. The Labute approximate surface area is 92.6 Å². The van der Waals surface area contributed by atoms with Crippen molar-refractivity contribution in [2.45, 2.75) is 51.9 Å². The third kappa shape index (κ3) is 10.1. The molecule has 0 fully saturated rings. The van der Waals surface area contributed by atoms with Crippen LogP contribution in [0.2, 0.25) is 0 Å². The van der Waals surface area contributed by atoms with Crippen LogP contribution in [-0.4, -0.2) is 48.2 Å². The minimum Gasteiger partial charge on any atom is -0.393 e. The minimum atomic E-state index is -0.467. The summed E-state index contributed by atoms with van der Waals surface area (Å²) >= 11 is 0. The lowest BCUT2D eigenvalue weighted by Crippen LogP contribution is -2.32. The molecule has 0 aromatic rings. The monoisotopic (exact) mass is 219 g/mol. The van der Waals surface area contributed by atoms with Crippen molar-refractivity contribution in [1.29, 1.82) is 0 Å². The molecule has 2 atom stereocenters. The molecular weight excluding hydrogens is 194 g/mol. The number of rotatable bonds is 9. The molecule has 92 valence electrons. The predicted molar refractivity (Wildman–Crippen MR) is 60.9 cm³/mol. The fourth-order valence-electron chi connectivity index (χ4n) is 1.10. The maximum absolute atomic E-state index is 9.47. The van der Waals surface area contributed by atoms with Crippen molar-refractivity contribution < 1.29 is 14.9 Å². The number of aliphatic hydroxyl groups is 2. The van der Waals surface area contributed by atoms with Crippen LogP contribution in [0.3, 0.4) is 0 Å². The van der Waals surface area contributed by atoms with Crippen LogP contribution in [0, 0.1) is 0 Å². The Kier molecular flexibility index (Phi) is 9.00. The van der Waals surface area contributed by atoms with Crippen molar-refractivity contribution in [3.8, 4) is 0 Å². The van der Waals surface area contributed by atoms with Crippen LogP contribution in [0.1, 0.15) is 33.6 Å². The van der Waals surface area contributed by atoms with Gasteiger partial charge in [-0.3, -0.25) is 0 Å². The molecule has 4 heteroatoms. The van der Waals surface area contributed by atoms with E-state index >= 15 is 0 Å². The van der Waals surface area contributed by atoms with Crippen molar-refractivity contribution >= 4 is 0 Å². The summed E-state index contributed by atoms with van der Waals surface area (Å²) < 4.78 is 5.26. The second kappa shape index (κ2) is 9.09. The van der Waals surface area contributed by atoms with E-state index in [2.05, 4.69) is 5.32 Å². The fourth-order valence-corrected chi connectivity index (χ4v) is 1.10. The molecule has 0 saturated heterocycles. The highest BCUT2D eigenvalue weighted by molar-refractivity contribution is 4.61. The molecular formula is C11H25NO3. The van der Waals surface area contributed by atoms with Gasteiger partial charge in [-0.25, -0.2) is 0 Å². The zero-order valence-corrected chi connectivity index (χ0v) is 10.1. The van der Waals surface area contributed by atoms with Crippen LogP contribution in [0.15, 0.2) is 0 Å². The topological polar surface area (TPSA) is 61.7 Å². The van der Waals surface area contributed by atoms with E-state index in [-0.39, 0.29) is 12.2 Å². The van der Waals surface area contributed by atoms with Crippen LogP contribution in [-0.2, 0) is 4.74 Å². The van der Waals surface area contributed by atoms with E-state index in [1.54, 1.807) is 0 Å². The fraction of sp³-hybridized carbons (Fsp3) is 1.00. The van der Waals surface area contributed by atoms with Gasteiger partial charge in [0.1, 0.15) is 0 Å². The molecule has 4 nitrogen and oxygen atoms in total. The molecule has 0 rings (SSSR count). The first kappa shape index (κ1) is 14.8. The summed E-state index contributed by atoms with van der Waals surface area (Å²) in [6, 6.07) is 0. The number of hydrogen-bond acceptors (Lipinski definition) is 4. The highest BCUT2D eigenvalue weighted by Crippen LogP contribution is 1.95. The average molecular weight is 219 g/mol. The molecule has 3 N–H and O–H groups in total. The van der Waals surface area contributed by atoms with E-state index in [0.29, 0.717) is 13.2 Å². The van der Waals surface area contributed by atoms with E-state index < -0.39 is 6.10 Å². The molecule has 0 spiro atoms. The molecule has 0 aliphatic carbocycles. The molecule has 2 unspecified atom stereocenters. The zero-order chi connectivity index (χ0) is 11.7. The van der Waals surface area contributed by atoms with Gasteiger partial charge in [-0.1, -0.05) is 6.92 Å². The Morgan fingerprint density at radius 2 is 1.87 bits per heavy atom. The second-order valence-electron chi connectivity index (χ2n) is 4.09. The summed E-state index contributed by atoms with van der Waals surface area (Å²) in [5, 5.41) is 21.8. The summed E-state index contributed by atoms with van der Waals surface area (Å²) in [4.78, 5) is 0. The van der Waals surface area contributed by atoms with Gasteiger partial charge in [0.2, 0.25) is 0 Å². The van der Waals surface area contributed by atoms with Crippen molar-refractivity contribution in [2.24, 2.45) is 0 Å². The molecule has 15 heavy (non-hydrogen) atoms. The molecule has 0 saturated carbocycles. The Morgan fingerprint density at radius 1 is 1.20 bits per heavy atom. The van der Waals surface area contributed by atoms with Crippen molar-refractivity contribution in [3.05, 3.63) is 0 Å². The summed E-state index contributed by atoms with van der Waals surface area (Å²) in [7, 11) is 0. The quantitative estimate of drug-likeness (QED) is 0.495. The molecule has 0 aliphatic rings. The molecule has 0 aromatic carbocycles. The second-order valence-corrected chi connectivity index (χ2v) is 4.09. The van der Waals surface area contributed by atoms with E-state index in [1.807, 2.05) is 20.8 Å². The summed E-state index contributed by atoms with van der Waals surface area (Å²) in [5.74, 6) is 0. The SMILES string of the molecule is CCC(O)CCNCC(O)COC(C)C. The van der Waals surface area contributed by atoms with Crippen LogP contribution < -0.4 is 5.32 Å². The third-order valence-electron chi connectivity index (χ3n) is 2.13. The summed E-state index contributed by atoms with van der Waals surface area (Å²) in [6.45, 7) is 7.45. The average Bonchev–Trinajstić information content (AvgIpc) is 2.21. The Hall–Kier alpha value is -0.160. The van der Waals surface area contributed by atoms with Gasteiger partial charge in [0.25, 0.3) is 0 Å². The minimum absolute atomic E-state index is 0.154. The Balaban J connectivity index is 3.27. The van der Waals surface area contributed by atoms with Crippen LogP contribution in [0.5, 0.6) is 0 Å². The molecule has 0 bridgehead atoms. The lowest BCUT2D eigenvalue weighted by molar-refractivity contribution is 0.00618. The first-order valence-corrected chi connectivity index (χ1v) is 5.74.